The van der Waals surface area contributed by atoms with E-state index in [1.54, 1.807) is 0 Å². The Labute approximate surface area is 184 Å². The lowest BCUT2D eigenvalue weighted by molar-refractivity contribution is 0.130. The predicted octanol–water partition coefficient (Wildman–Crippen LogP) is 6.06. The second kappa shape index (κ2) is 8.86. The summed E-state index contributed by atoms with van der Waals surface area (Å²) in [6, 6.07) is 26.2. The Hall–Kier alpha value is -2.54. The minimum atomic E-state index is -0.398. The molecular weight excluding hydrogens is 475 g/mol. The highest BCUT2D eigenvalue weighted by Gasteiger charge is 2.36. The zero-order valence-corrected chi connectivity index (χ0v) is 18.3. The van der Waals surface area contributed by atoms with E-state index in [2.05, 4.69) is 64.4 Å². The van der Waals surface area contributed by atoms with Gasteiger partial charge in [-0.3, -0.25) is 0 Å². The van der Waals surface area contributed by atoms with E-state index in [0.717, 1.165) is 20.4 Å². The number of anilines is 1. The summed E-state index contributed by atoms with van der Waals surface area (Å²) in [4.78, 5) is 12.6. The molecule has 0 fully saturated rings. The van der Waals surface area contributed by atoms with E-state index < -0.39 is 6.09 Å². The van der Waals surface area contributed by atoms with E-state index in [9.17, 15) is 4.79 Å². The molecule has 0 saturated heterocycles. The van der Waals surface area contributed by atoms with Gasteiger partial charge in [0.2, 0.25) is 0 Å². The monoisotopic (exact) mass is 498 g/mol. The Kier molecular flexibility index (Phi) is 6.04. The third-order valence-corrected chi connectivity index (χ3v) is 6.31. The van der Waals surface area contributed by atoms with Gasteiger partial charge in [0.25, 0.3) is 0 Å². The standard InChI is InChI=1S/C24H23IN2O2/c1-16-22(18-11-6-3-7-12-18)26-20-14-8-13-19(25)21(20)23(16)27-24(28)29-15-17-9-4-2-5-10-17/h2-14,16,22-23,26H,15H2,1H3,(H,27,28)/t16-,22+,23+/m1/s1. The van der Waals surface area contributed by atoms with Crippen molar-refractivity contribution in [2.24, 2.45) is 5.92 Å². The number of fused-ring (bicyclic) bond motifs is 1. The van der Waals surface area contributed by atoms with Crippen LogP contribution in [0.2, 0.25) is 0 Å². The van der Waals surface area contributed by atoms with Gasteiger partial charge >= 0.3 is 6.09 Å². The fourth-order valence-electron chi connectivity index (χ4n) is 3.88. The molecule has 1 aliphatic rings. The SMILES string of the molecule is C[C@@H]1[C@@H](c2ccccc2)Nc2cccc(I)c2[C@H]1NC(=O)OCc1ccccc1. The first-order valence-electron chi connectivity index (χ1n) is 9.70. The van der Waals surface area contributed by atoms with Crippen molar-refractivity contribution in [1.82, 2.24) is 5.32 Å². The fourth-order valence-corrected chi connectivity index (χ4v) is 4.71. The molecule has 0 radical (unpaired) electrons. The van der Waals surface area contributed by atoms with Gasteiger partial charge in [-0.1, -0.05) is 73.7 Å². The summed E-state index contributed by atoms with van der Waals surface area (Å²) in [6.45, 7) is 2.42. The van der Waals surface area contributed by atoms with Crippen molar-refractivity contribution in [3.63, 3.8) is 0 Å². The summed E-state index contributed by atoms with van der Waals surface area (Å²) in [5.74, 6) is 0.144. The van der Waals surface area contributed by atoms with Crippen molar-refractivity contribution in [1.29, 1.82) is 0 Å². The van der Waals surface area contributed by atoms with Crippen LogP contribution in [0.4, 0.5) is 10.5 Å². The Morgan fingerprint density at radius 2 is 1.69 bits per heavy atom. The molecule has 5 heteroatoms. The minimum Gasteiger partial charge on any atom is -0.445 e. The second-order valence-corrected chi connectivity index (χ2v) is 8.44. The maximum atomic E-state index is 12.6. The summed E-state index contributed by atoms with van der Waals surface area (Å²) < 4.78 is 6.63. The molecule has 4 rings (SSSR count). The Balaban J connectivity index is 1.57. The van der Waals surface area contributed by atoms with Crippen LogP contribution in [-0.2, 0) is 11.3 Å². The van der Waals surface area contributed by atoms with Crippen molar-refractivity contribution >= 4 is 34.4 Å². The number of alkyl carbamates (subject to hydrolysis) is 1. The summed E-state index contributed by atoms with van der Waals surface area (Å²) in [6.07, 6.45) is -0.398. The molecule has 0 aliphatic carbocycles. The highest BCUT2D eigenvalue weighted by Crippen LogP contribution is 2.44. The molecule has 3 aromatic rings. The fraction of sp³-hybridized carbons (Fsp3) is 0.208. The van der Waals surface area contributed by atoms with Crippen LogP contribution >= 0.6 is 22.6 Å². The molecule has 0 aromatic heterocycles. The highest BCUT2D eigenvalue weighted by molar-refractivity contribution is 14.1. The van der Waals surface area contributed by atoms with E-state index in [0.29, 0.717) is 0 Å². The van der Waals surface area contributed by atoms with Crippen molar-refractivity contribution in [2.75, 3.05) is 5.32 Å². The number of carbonyl (C=O) groups is 1. The topological polar surface area (TPSA) is 50.4 Å². The Bertz CT molecular complexity index is 979. The average Bonchev–Trinajstić information content (AvgIpc) is 2.75. The van der Waals surface area contributed by atoms with Crippen LogP contribution in [0.5, 0.6) is 0 Å². The first kappa shape index (κ1) is 19.8. The molecule has 2 N–H and O–H groups in total. The van der Waals surface area contributed by atoms with Gasteiger partial charge in [-0.2, -0.15) is 0 Å². The van der Waals surface area contributed by atoms with Crippen LogP contribution in [0.3, 0.4) is 0 Å². The van der Waals surface area contributed by atoms with Crippen LogP contribution in [-0.4, -0.2) is 6.09 Å². The van der Waals surface area contributed by atoms with Crippen LogP contribution < -0.4 is 10.6 Å². The molecule has 0 unspecified atom stereocenters. The number of nitrogens with one attached hydrogen (secondary N) is 2. The van der Waals surface area contributed by atoms with Crippen molar-refractivity contribution < 1.29 is 9.53 Å². The van der Waals surface area contributed by atoms with Gasteiger partial charge in [0, 0.05) is 20.7 Å². The molecule has 148 valence electrons. The van der Waals surface area contributed by atoms with E-state index in [1.807, 2.05) is 54.6 Å². The number of amides is 1. The van der Waals surface area contributed by atoms with Crippen LogP contribution in [0.25, 0.3) is 0 Å². The Morgan fingerprint density at radius 1 is 1.00 bits per heavy atom. The maximum absolute atomic E-state index is 12.6. The summed E-state index contributed by atoms with van der Waals surface area (Å²) in [5.41, 5.74) is 4.34. The molecule has 0 bridgehead atoms. The number of hydrogen-bond donors (Lipinski definition) is 2. The van der Waals surface area contributed by atoms with Crippen molar-refractivity contribution in [2.45, 2.75) is 25.6 Å². The zero-order chi connectivity index (χ0) is 20.2. The van der Waals surface area contributed by atoms with Crippen LogP contribution in [0, 0.1) is 9.49 Å². The van der Waals surface area contributed by atoms with Gasteiger partial charge in [0.1, 0.15) is 6.61 Å². The van der Waals surface area contributed by atoms with Crippen LogP contribution in [0.1, 0.15) is 35.7 Å². The molecule has 1 amide bonds. The number of rotatable bonds is 4. The molecule has 0 spiro atoms. The van der Waals surface area contributed by atoms with Gasteiger partial charge in [-0.25, -0.2) is 4.79 Å². The number of ether oxygens (including phenoxy) is 1. The van der Waals surface area contributed by atoms with E-state index in [4.69, 9.17) is 4.74 Å². The lowest BCUT2D eigenvalue weighted by atomic mass is 9.81. The van der Waals surface area contributed by atoms with Gasteiger partial charge in [0.05, 0.1) is 12.1 Å². The van der Waals surface area contributed by atoms with E-state index in [-0.39, 0.29) is 24.6 Å². The molecule has 29 heavy (non-hydrogen) atoms. The molecule has 3 atom stereocenters. The smallest absolute Gasteiger partial charge is 0.407 e. The number of carbonyl (C=O) groups excluding carboxylic acids is 1. The van der Waals surface area contributed by atoms with Crippen LogP contribution in [0.15, 0.2) is 78.9 Å². The second-order valence-electron chi connectivity index (χ2n) is 7.28. The van der Waals surface area contributed by atoms with Gasteiger partial charge in [-0.15, -0.1) is 0 Å². The number of hydrogen-bond acceptors (Lipinski definition) is 3. The van der Waals surface area contributed by atoms with E-state index >= 15 is 0 Å². The summed E-state index contributed by atoms with van der Waals surface area (Å²) >= 11 is 2.34. The summed E-state index contributed by atoms with van der Waals surface area (Å²) in [5, 5.41) is 6.80. The number of halogens is 1. The predicted molar refractivity (Wildman–Crippen MR) is 124 cm³/mol. The highest BCUT2D eigenvalue weighted by atomic mass is 127. The molecular formula is C24H23IN2O2. The lowest BCUT2D eigenvalue weighted by Gasteiger charge is -2.40. The minimum absolute atomic E-state index is 0.0984. The average molecular weight is 498 g/mol. The quantitative estimate of drug-likeness (QED) is 0.430. The largest absolute Gasteiger partial charge is 0.445 e. The molecule has 3 aromatic carbocycles. The third kappa shape index (κ3) is 4.40. The van der Waals surface area contributed by atoms with Gasteiger partial charge in [0.15, 0.2) is 0 Å². The third-order valence-electron chi connectivity index (χ3n) is 5.37. The van der Waals surface area contributed by atoms with Crippen molar-refractivity contribution in [3.05, 3.63) is 99.1 Å². The molecule has 1 aliphatic heterocycles. The van der Waals surface area contributed by atoms with Gasteiger partial charge in [-0.05, 0) is 45.9 Å². The molecule has 0 saturated carbocycles. The lowest BCUT2D eigenvalue weighted by Crippen LogP contribution is -2.40. The van der Waals surface area contributed by atoms with Gasteiger partial charge < -0.3 is 15.4 Å². The normalized spacial score (nSPS) is 20.3. The van der Waals surface area contributed by atoms with E-state index in [1.165, 1.54) is 5.56 Å². The zero-order valence-electron chi connectivity index (χ0n) is 16.1. The van der Waals surface area contributed by atoms with Crippen molar-refractivity contribution in [3.8, 4) is 0 Å². The first-order chi connectivity index (χ1) is 14.1. The maximum Gasteiger partial charge on any atom is 0.407 e. The Morgan fingerprint density at radius 3 is 2.41 bits per heavy atom. The molecule has 1 heterocycles. The summed E-state index contributed by atoms with van der Waals surface area (Å²) in [7, 11) is 0. The molecule has 4 nitrogen and oxygen atoms in total. The first-order valence-corrected chi connectivity index (χ1v) is 10.8. The number of benzene rings is 3.